The van der Waals surface area contributed by atoms with Crippen molar-refractivity contribution in [2.45, 2.75) is 85.5 Å². The van der Waals surface area contributed by atoms with Crippen LogP contribution in [0.4, 0.5) is 0 Å². The molecule has 0 saturated carbocycles. The molecule has 0 fully saturated rings. The van der Waals surface area contributed by atoms with Gasteiger partial charge in [0.15, 0.2) is 0 Å². The monoisotopic (exact) mass is 455 g/mol. The summed E-state index contributed by atoms with van der Waals surface area (Å²) in [5.41, 5.74) is 0. The third kappa shape index (κ3) is 13.5. The molecule has 7 heteroatoms. The van der Waals surface area contributed by atoms with E-state index in [-0.39, 0.29) is 0 Å². The number of carbonyl (C=O) groups is 3. The van der Waals surface area contributed by atoms with Crippen molar-refractivity contribution in [3.8, 4) is 0 Å². The summed E-state index contributed by atoms with van der Waals surface area (Å²) in [7, 11) is 0. The lowest BCUT2D eigenvalue weighted by Crippen LogP contribution is -2.52. The fourth-order valence-electron chi connectivity index (χ4n) is 3.66. The van der Waals surface area contributed by atoms with E-state index < -0.39 is 35.7 Å². The van der Waals surface area contributed by atoms with Crippen molar-refractivity contribution in [1.82, 2.24) is 0 Å². The molecule has 0 saturated heterocycles. The van der Waals surface area contributed by atoms with Crippen LogP contribution in [-0.4, -0.2) is 58.8 Å². The number of allylic oxidation sites excluding steroid dienone is 1. The average molecular weight is 456 g/mol. The molecule has 0 bridgehead atoms. The van der Waals surface area contributed by atoms with Gasteiger partial charge in [0.2, 0.25) is 0 Å². The number of hydrogen-bond donors (Lipinski definition) is 2. The molecule has 32 heavy (non-hydrogen) atoms. The van der Waals surface area contributed by atoms with Crippen LogP contribution in [0.1, 0.15) is 85.5 Å². The predicted molar refractivity (Wildman–Crippen MR) is 124 cm³/mol. The highest BCUT2D eigenvalue weighted by Crippen LogP contribution is 2.20. The minimum Gasteiger partial charge on any atom is -0.550 e. The van der Waals surface area contributed by atoms with Crippen LogP contribution in [0.2, 0.25) is 0 Å². The lowest BCUT2D eigenvalue weighted by molar-refractivity contribution is -0.924. The van der Waals surface area contributed by atoms with E-state index in [1.54, 1.807) is 20.8 Å². The van der Waals surface area contributed by atoms with E-state index in [4.69, 9.17) is 0 Å². The molecule has 0 aliphatic carbocycles. The molecule has 0 spiro atoms. The van der Waals surface area contributed by atoms with Crippen molar-refractivity contribution in [1.29, 1.82) is 0 Å². The Morgan fingerprint density at radius 2 is 1.25 bits per heavy atom. The fraction of sp³-hybridized carbons (Fsp3) is 0.800. The normalized spacial score (nSPS) is 16.4. The van der Waals surface area contributed by atoms with Gasteiger partial charge in [0.05, 0.1) is 38.0 Å². The predicted octanol–water partition coefficient (Wildman–Crippen LogP) is 3.72. The SMILES string of the molecule is CCCCCCC/C=C/C[N+](CCC(C)C(=O)[O-])(CCC(C)C(=O)O)CCC(C)C(=O)O. The molecular formula is C25H45NO6. The lowest BCUT2D eigenvalue weighted by Gasteiger charge is -2.40. The fourth-order valence-corrected chi connectivity index (χ4v) is 3.66. The van der Waals surface area contributed by atoms with Gasteiger partial charge in [-0.05, 0) is 18.9 Å². The first kappa shape index (κ1) is 30.1. The number of nitrogens with zero attached hydrogens (tertiary/aromatic N) is 1. The number of hydrogen-bond acceptors (Lipinski definition) is 4. The molecule has 0 aromatic heterocycles. The van der Waals surface area contributed by atoms with Gasteiger partial charge < -0.3 is 24.6 Å². The number of aliphatic carboxylic acids is 3. The summed E-state index contributed by atoms with van der Waals surface area (Å²) in [6.45, 7) is 9.49. The number of unbranched alkanes of at least 4 members (excludes halogenated alkanes) is 5. The first-order valence-electron chi connectivity index (χ1n) is 12.2. The van der Waals surface area contributed by atoms with Crippen molar-refractivity contribution in [2.75, 3.05) is 26.2 Å². The van der Waals surface area contributed by atoms with Crippen LogP contribution < -0.4 is 5.11 Å². The molecule has 0 aliphatic rings. The first-order chi connectivity index (χ1) is 15.0. The zero-order valence-corrected chi connectivity index (χ0v) is 20.6. The van der Waals surface area contributed by atoms with Gasteiger partial charge in [-0.1, -0.05) is 59.5 Å². The van der Waals surface area contributed by atoms with Crippen LogP contribution in [0.3, 0.4) is 0 Å². The van der Waals surface area contributed by atoms with E-state index in [1.807, 2.05) is 0 Å². The Hall–Kier alpha value is -1.89. The summed E-state index contributed by atoms with van der Waals surface area (Å²) in [5.74, 6) is -4.43. The third-order valence-electron chi connectivity index (χ3n) is 6.49. The Kier molecular flexibility index (Phi) is 15.7. The minimum absolute atomic E-state index is 0.413. The Balaban J connectivity index is 5.34. The largest absolute Gasteiger partial charge is 0.550 e. The lowest BCUT2D eigenvalue weighted by atomic mass is 10.0. The summed E-state index contributed by atoms with van der Waals surface area (Å²) < 4.78 is 0.499. The van der Waals surface area contributed by atoms with Crippen LogP contribution in [0.15, 0.2) is 12.2 Å². The van der Waals surface area contributed by atoms with Gasteiger partial charge in [0.25, 0.3) is 0 Å². The second kappa shape index (κ2) is 16.7. The maximum Gasteiger partial charge on any atom is 0.306 e. The quantitative estimate of drug-likeness (QED) is 0.164. The van der Waals surface area contributed by atoms with Gasteiger partial charge >= 0.3 is 11.9 Å². The molecule has 186 valence electrons. The molecule has 7 nitrogen and oxygen atoms in total. The molecule has 0 amide bonds. The molecule has 0 aliphatic heterocycles. The maximum absolute atomic E-state index is 11.3. The highest BCUT2D eigenvalue weighted by Gasteiger charge is 2.30. The molecule has 0 heterocycles. The molecule has 0 rings (SSSR count). The van der Waals surface area contributed by atoms with E-state index in [1.165, 1.54) is 25.7 Å². The van der Waals surface area contributed by atoms with Gasteiger partial charge in [-0.3, -0.25) is 9.59 Å². The Morgan fingerprint density at radius 3 is 1.69 bits per heavy atom. The van der Waals surface area contributed by atoms with Crippen LogP contribution in [0.5, 0.6) is 0 Å². The summed E-state index contributed by atoms with van der Waals surface area (Å²) in [6, 6.07) is 0. The second-order valence-electron chi connectivity index (χ2n) is 9.43. The Bertz CT molecular complexity index is 529. The number of carboxylic acids is 3. The van der Waals surface area contributed by atoms with E-state index in [0.717, 1.165) is 12.8 Å². The Morgan fingerprint density at radius 1 is 0.781 bits per heavy atom. The van der Waals surface area contributed by atoms with Crippen molar-refractivity contribution in [2.24, 2.45) is 17.8 Å². The van der Waals surface area contributed by atoms with Gasteiger partial charge in [-0.25, -0.2) is 0 Å². The van der Waals surface area contributed by atoms with Crippen LogP contribution in [0, 0.1) is 17.8 Å². The minimum atomic E-state index is -1.09. The molecular weight excluding hydrogens is 410 g/mol. The maximum atomic E-state index is 11.3. The molecule has 0 aromatic carbocycles. The smallest absolute Gasteiger partial charge is 0.306 e. The van der Waals surface area contributed by atoms with Crippen molar-refractivity contribution >= 4 is 17.9 Å². The van der Waals surface area contributed by atoms with Gasteiger partial charge in [-0.15, -0.1) is 0 Å². The highest BCUT2D eigenvalue weighted by atomic mass is 16.4. The van der Waals surface area contributed by atoms with Gasteiger partial charge in [0.1, 0.15) is 0 Å². The molecule has 0 aromatic rings. The molecule has 3 atom stereocenters. The number of quaternary nitrogens is 1. The van der Waals surface area contributed by atoms with Crippen molar-refractivity contribution in [3.63, 3.8) is 0 Å². The van der Waals surface area contributed by atoms with E-state index >= 15 is 0 Å². The Labute approximate surface area is 194 Å². The molecule has 0 radical (unpaired) electrons. The summed E-state index contributed by atoms with van der Waals surface area (Å²) in [6.07, 6.45) is 12.6. The van der Waals surface area contributed by atoms with Crippen molar-refractivity contribution < 1.29 is 34.2 Å². The van der Waals surface area contributed by atoms with E-state index in [2.05, 4.69) is 19.1 Å². The summed E-state index contributed by atoms with van der Waals surface area (Å²) >= 11 is 0. The third-order valence-corrected chi connectivity index (χ3v) is 6.49. The summed E-state index contributed by atoms with van der Waals surface area (Å²) in [4.78, 5) is 33.9. The van der Waals surface area contributed by atoms with Crippen molar-refractivity contribution in [3.05, 3.63) is 12.2 Å². The van der Waals surface area contributed by atoms with Gasteiger partial charge in [-0.2, -0.15) is 0 Å². The van der Waals surface area contributed by atoms with Crippen LogP contribution >= 0.6 is 0 Å². The number of carboxylic acid groups (broad SMARTS) is 3. The first-order valence-corrected chi connectivity index (χ1v) is 12.2. The average Bonchev–Trinajstić information content (AvgIpc) is 2.75. The van der Waals surface area contributed by atoms with Gasteiger partial charge in [0, 0.05) is 31.1 Å². The summed E-state index contributed by atoms with van der Waals surface area (Å²) in [5, 5.41) is 29.9. The van der Waals surface area contributed by atoms with E-state index in [9.17, 15) is 29.7 Å². The standard InChI is InChI=1S/C25H45NO6/c1-5-6-7-8-9-10-11-12-16-26(17-13-20(2)23(27)28,18-14-21(3)24(29)30)19-15-22(4)25(31)32/h11-12,20-22H,5-10,13-19H2,1-4H3,(H2-,27,28,29,30,31,32)/b12-11+. The molecule has 2 N–H and O–H groups in total. The van der Waals surface area contributed by atoms with Crippen LogP contribution in [-0.2, 0) is 14.4 Å². The van der Waals surface area contributed by atoms with Crippen LogP contribution in [0.25, 0.3) is 0 Å². The highest BCUT2D eigenvalue weighted by molar-refractivity contribution is 5.69. The molecule has 3 unspecified atom stereocenters. The number of carbonyl (C=O) groups excluding carboxylic acids is 1. The van der Waals surface area contributed by atoms with E-state index in [0.29, 0.717) is 49.9 Å². The number of rotatable bonds is 20. The zero-order valence-electron chi connectivity index (χ0n) is 20.6. The zero-order chi connectivity index (χ0) is 24.6. The second-order valence-corrected chi connectivity index (χ2v) is 9.43. The topological polar surface area (TPSA) is 115 Å².